The highest BCUT2D eigenvalue weighted by Gasteiger charge is 2.29. The average Bonchev–Trinajstić information content (AvgIpc) is 2.59. The fourth-order valence-electron chi connectivity index (χ4n) is 1.72. The molecule has 0 aromatic carbocycles. The van der Waals surface area contributed by atoms with Crippen LogP contribution in [0.4, 0.5) is 11.4 Å². The Hall–Kier alpha value is -1.33. The van der Waals surface area contributed by atoms with Crippen molar-refractivity contribution in [3.8, 4) is 0 Å². The molecule has 0 bridgehead atoms. The number of hydrogen-bond acceptors (Lipinski definition) is 5. The largest absolute Gasteiger partial charge is 0.389 e. The van der Waals surface area contributed by atoms with Crippen LogP contribution in [0.15, 0.2) is 18.5 Å². The first-order valence-electron chi connectivity index (χ1n) is 4.94. The lowest BCUT2D eigenvalue weighted by atomic mass is 10.3. The first-order chi connectivity index (χ1) is 7.20. The number of nitrogens with zero attached hydrogens (tertiary/aromatic N) is 2. The molecule has 1 aromatic rings. The molecular weight excluding hydrogens is 194 g/mol. The molecule has 0 unspecified atom stereocenters. The number of aliphatic hydroxyl groups excluding tert-OH is 2. The molecule has 1 aliphatic heterocycles. The van der Waals surface area contributed by atoms with Gasteiger partial charge in [0.1, 0.15) is 0 Å². The van der Waals surface area contributed by atoms with E-state index in [9.17, 15) is 10.2 Å². The third-order valence-corrected chi connectivity index (χ3v) is 2.64. The Morgan fingerprint density at radius 1 is 1.33 bits per heavy atom. The zero-order valence-corrected chi connectivity index (χ0v) is 8.59. The predicted molar refractivity (Wildman–Crippen MR) is 58.0 cm³/mol. The number of anilines is 2. The number of aromatic nitrogens is 1. The first-order valence-corrected chi connectivity index (χ1v) is 4.94. The molecule has 2 atom stereocenters. The number of aliphatic hydroxyl groups is 2. The van der Waals surface area contributed by atoms with E-state index < -0.39 is 12.2 Å². The van der Waals surface area contributed by atoms with Crippen LogP contribution in [0.2, 0.25) is 0 Å². The molecular formula is C10H15N3O2. The number of rotatable bonds is 2. The summed E-state index contributed by atoms with van der Waals surface area (Å²) >= 11 is 0. The summed E-state index contributed by atoms with van der Waals surface area (Å²) in [6.07, 6.45) is 2.13. The summed E-state index contributed by atoms with van der Waals surface area (Å²) in [4.78, 5) is 6.00. The maximum Gasteiger partial charge on any atom is 0.0990 e. The molecule has 2 rings (SSSR count). The van der Waals surface area contributed by atoms with Crippen LogP contribution in [0.5, 0.6) is 0 Å². The lowest BCUT2D eigenvalue weighted by Gasteiger charge is -2.17. The molecule has 1 aromatic heterocycles. The molecule has 1 saturated heterocycles. The quantitative estimate of drug-likeness (QED) is 0.622. The molecule has 0 amide bonds. The van der Waals surface area contributed by atoms with E-state index >= 15 is 0 Å². The van der Waals surface area contributed by atoms with Crippen LogP contribution in [0.25, 0.3) is 0 Å². The van der Waals surface area contributed by atoms with Crippen LogP contribution >= 0.6 is 0 Å². The number of hydrogen-bond donors (Lipinski definition) is 3. The zero-order chi connectivity index (χ0) is 10.8. The summed E-state index contributed by atoms with van der Waals surface area (Å²) < 4.78 is 0. The number of β-amino-alcohol motifs (C(OH)–C–C–N with tert-alkyl or cyclic N) is 2. The van der Waals surface area contributed by atoms with Crippen LogP contribution < -0.4 is 10.2 Å². The molecule has 1 aliphatic rings. The van der Waals surface area contributed by atoms with Gasteiger partial charge >= 0.3 is 0 Å². The van der Waals surface area contributed by atoms with Gasteiger partial charge in [0, 0.05) is 20.1 Å². The topological polar surface area (TPSA) is 68.6 Å². The van der Waals surface area contributed by atoms with E-state index in [1.54, 1.807) is 12.4 Å². The van der Waals surface area contributed by atoms with Gasteiger partial charge in [-0.3, -0.25) is 4.98 Å². The van der Waals surface area contributed by atoms with Crippen molar-refractivity contribution in [3.05, 3.63) is 18.5 Å². The van der Waals surface area contributed by atoms with E-state index in [4.69, 9.17) is 0 Å². The van der Waals surface area contributed by atoms with Gasteiger partial charge in [-0.15, -0.1) is 0 Å². The molecule has 0 saturated carbocycles. The van der Waals surface area contributed by atoms with Crippen molar-refractivity contribution in [1.29, 1.82) is 0 Å². The van der Waals surface area contributed by atoms with E-state index in [0.717, 1.165) is 11.4 Å². The van der Waals surface area contributed by atoms with Crippen LogP contribution in [-0.4, -0.2) is 47.5 Å². The Balaban J connectivity index is 2.16. The number of pyridine rings is 1. The maximum atomic E-state index is 9.43. The summed E-state index contributed by atoms with van der Waals surface area (Å²) in [7, 11) is 1.83. The van der Waals surface area contributed by atoms with E-state index in [0.29, 0.717) is 13.1 Å². The highest BCUT2D eigenvalue weighted by Crippen LogP contribution is 2.22. The van der Waals surface area contributed by atoms with Crippen LogP contribution in [0, 0.1) is 0 Å². The van der Waals surface area contributed by atoms with E-state index in [1.165, 1.54) is 0 Å². The van der Waals surface area contributed by atoms with Gasteiger partial charge in [-0.1, -0.05) is 0 Å². The summed E-state index contributed by atoms with van der Waals surface area (Å²) in [6.45, 7) is 0.909. The highest BCUT2D eigenvalue weighted by atomic mass is 16.3. The molecule has 5 heteroatoms. The summed E-state index contributed by atoms with van der Waals surface area (Å²) in [6, 6.07) is 1.94. The lowest BCUT2D eigenvalue weighted by Crippen LogP contribution is -2.22. The first kappa shape index (κ1) is 10.2. The molecule has 0 aliphatic carbocycles. The maximum absolute atomic E-state index is 9.43. The second-order valence-corrected chi connectivity index (χ2v) is 3.72. The van der Waals surface area contributed by atoms with Gasteiger partial charge in [-0.2, -0.15) is 0 Å². The minimum Gasteiger partial charge on any atom is -0.389 e. The van der Waals surface area contributed by atoms with Crippen molar-refractivity contribution in [3.63, 3.8) is 0 Å². The molecule has 0 radical (unpaired) electrons. The van der Waals surface area contributed by atoms with Crippen LogP contribution in [0.1, 0.15) is 0 Å². The Morgan fingerprint density at radius 3 is 2.60 bits per heavy atom. The van der Waals surface area contributed by atoms with Gasteiger partial charge in [0.25, 0.3) is 0 Å². The van der Waals surface area contributed by atoms with E-state index in [-0.39, 0.29) is 0 Å². The lowest BCUT2D eigenvalue weighted by molar-refractivity contribution is 0.0572. The minimum absolute atomic E-state index is 0.454. The van der Waals surface area contributed by atoms with Crippen molar-refractivity contribution >= 4 is 11.4 Å². The molecule has 5 nitrogen and oxygen atoms in total. The van der Waals surface area contributed by atoms with Crippen LogP contribution in [0.3, 0.4) is 0 Å². The van der Waals surface area contributed by atoms with Crippen molar-refractivity contribution in [2.24, 2.45) is 0 Å². The molecule has 1 fully saturated rings. The molecule has 0 spiro atoms. The highest BCUT2D eigenvalue weighted by molar-refractivity contribution is 5.56. The van der Waals surface area contributed by atoms with Crippen molar-refractivity contribution in [2.45, 2.75) is 12.2 Å². The Bertz CT molecular complexity index is 335. The van der Waals surface area contributed by atoms with Crippen molar-refractivity contribution in [1.82, 2.24) is 4.98 Å². The Labute approximate surface area is 88.4 Å². The normalized spacial score (nSPS) is 25.7. The average molecular weight is 209 g/mol. The summed E-state index contributed by atoms with van der Waals surface area (Å²) in [5, 5.41) is 21.9. The van der Waals surface area contributed by atoms with Crippen LogP contribution in [-0.2, 0) is 0 Å². The third-order valence-electron chi connectivity index (χ3n) is 2.64. The van der Waals surface area contributed by atoms with Gasteiger partial charge in [0.2, 0.25) is 0 Å². The molecule has 2 heterocycles. The van der Waals surface area contributed by atoms with E-state index in [1.807, 2.05) is 18.0 Å². The van der Waals surface area contributed by atoms with Crippen molar-refractivity contribution in [2.75, 3.05) is 30.4 Å². The minimum atomic E-state index is -0.664. The predicted octanol–water partition coefficient (Wildman–Crippen LogP) is -0.335. The summed E-state index contributed by atoms with van der Waals surface area (Å²) in [5.74, 6) is 0. The molecule has 3 N–H and O–H groups in total. The van der Waals surface area contributed by atoms with E-state index in [2.05, 4.69) is 10.3 Å². The SMILES string of the molecule is CNc1cncc(N2C[C@@H](O)[C@@H](O)C2)c1. The second kappa shape index (κ2) is 4.04. The Morgan fingerprint density at radius 2 is 2.00 bits per heavy atom. The van der Waals surface area contributed by atoms with Gasteiger partial charge < -0.3 is 20.4 Å². The third kappa shape index (κ3) is 2.03. The number of nitrogens with one attached hydrogen (secondary N) is 1. The molecule has 82 valence electrons. The monoisotopic (exact) mass is 209 g/mol. The van der Waals surface area contributed by atoms with Gasteiger partial charge in [0.15, 0.2) is 0 Å². The smallest absolute Gasteiger partial charge is 0.0990 e. The fraction of sp³-hybridized carbons (Fsp3) is 0.500. The zero-order valence-electron chi connectivity index (χ0n) is 8.59. The van der Waals surface area contributed by atoms with Gasteiger partial charge in [-0.05, 0) is 6.07 Å². The summed E-state index contributed by atoms with van der Waals surface area (Å²) in [5.41, 5.74) is 1.83. The Kier molecular flexibility index (Phi) is 2.75. The fourth-order valence-corrected chi connectivity index (χ4v) is 1.72. The van der Waals surface area contributed by atoms with Gasteiger partial charge in [0.05, 0.1) is 36.0 Å². The van der Waals surface area contributed by atoms with Crippen molar-refractivity contribution < 1.29 is 10.2 Å². The second-order valence-electron chi connectivity index (χ2n) is 3.72. The molecule has 15 heavy (non-hydrogen) atoms. The van der Waals surface area contributed by atoms with Gasteiger partial charge in [-0.25, -0.2) is 0 Å². The standard InChI is InChI=1S/C10H15N3O2/c1-11-7-2-8(4-12-3-7)13-5-9(14)10(15)6-13/h2-4,9-11,14-15H,5-6H2,1H3/t9-,10+.